The number of likely N-dealkylation sites (N-methyl/N-ethyl adjacent to an activating group) is 1. The number of carbonyl (C=O) groups is 2. The second-order valence-corrected chi connectivity index (χ2v) is 5.54. The lowest BCUT2D eigenvalue weighted by molar-refractivity contribution is -0.130. The summed E-state index contributed by atoms with van der Waals surface area (Å²) < 4.78 is 5.28. The predicted molar refractivity (Wildman–Crippen MR) is 78.9 cm³/mol. The summed E-state index contributed by atoms with van der Waals surface area (Å²) in [5.74, 6) is -0.0123. The quantitative estimate of drug-likeness (QED) is 0.587. The van der Waals surface area contributed by atoms with Crippen LogP contribution < -0.4 is 16.0 Å². The smallest absolute Gasteiger partial charge is 0.238 e. The molecule has 0 radical (unpaired) electrons. The van der Waals surface area contributed by atoms with Gasteiger partial charge in [-0.2, -0.15) is 0 Å². The SMILES string of the molecule is CCNC(=O)C1CNCCN1CC(=O)NC1CCOCC1. The Morgan fingerprint density at radius 1 is 1.33 bits per heavy atom. The van der Waals surface area contributed by atoms with E-state index in [1.54, 1.807) is 0 Å². The number of rotatable bonds is 5. The molecule has 3 N–H and O–H groups in total. The van der Waals surface area contributed by atoms with E-state index in [4.69, 9.17) is 4.74 Å². The lowest BCUT2D eigenvalue weighted by Gasteiger charge is -2.35. The van der Waals surface area contributed by atoms with Gasteiger partial charge in [0.25, 0.3) is 0 Å². The second kappa shape index (κ2) is 8.31. The fourth-order valence-electron chi connectivity index (χ4n) is 2.79. The van der Waals surface area contributed by atoms with Crippen molar-refractivity contribution in [2.24, 2.45) is 0 Å². The molecule has 2 heterocycles. The van der Waals surface area contributed by atoms with E-state index in [1.165, 1.54) is 0 Å². The third-order valence-corrected chi connectivity index (χ3v) is 3.94. The van der Waals surface area contributed by atoms with Gasteiger partial charge in [-0.3, -0.25) is 14.5 Å². The molecule has 7 nitrogen and oxygen atoms in total. The molecule has 21 heavy (non-hydrogen) atoms. The number of piperazine rings is 1. The Labute approximate surface area is 125 Å². The fourth-order valence-corrected chi connectivity index (χ4v) is 2.79. The van der Waals surface area contributed by atoms with Crippen LogP contribution in [0.3, 0.4) is 0 Å². The molecule has 1 atom stereocenters. The van der Waals surface area contributed by atoms with Gasteiger partial charge in [0, 0.05) is 45.4 Å². The zero-order chi connectivity index (χ0) is 15.1. The van der Waals surface area contributed by atoms with Crippen LogP contribution >= 0.6 is 0 Å². The zero-order valence-electron chi connectivity index (χ0n) is 12.7. The first-order valence-electron chi connectivity index (χ1n) is 7.80. The maximum absolute atomic E-state index is 12.2. The molecule has 0 aromatic heterocycles. The Morgan fingerprint density at radius 2 is 2.10 bits per heavy atom. The van der Waals surface area contributed by atoms with E-state index in [0.717, 1.165) is 19.4 Å². The number of carbonyl (C=O) groups excluding carboxylic acids is 2. The molecule has 2 rings (SSSR count). The summed E-state index contributed by atoms with van der Waals surface area (Å²) in [5.41, 5.74) is 0. The van der Waals surface area contributed by atoms with Crippen molar-refractivity contribution in [2.45, 2.75) is 31.8 Å². The van der Waals surface area contributed by atoms with Crippen LogP contribution in [0.5, 0.6) is 0 Å². The van der Waals surface area contributed by atoms with E-state index in [2.05, 4.69) is 16.0 Å². The maximum atomic E-state index is 12.2. The van der Waals surface area contributed by atoms with Gasteiger partial charge in [0.05, 0.1) is 6.54 Å². The van der Waals surface area contributed by atoms with Gasteiger partial charge in [-0.1, -0.05) is 0 Å². The minimum absolute atomic E-state index is 0.00176. The predicted octanol–water partition coefficient (Wildman–Crippen LogP) is -1.31. The Bertz CT molecular complexity index is 358. The molecule has 0 aromatic carbocycles. The van der Waals surface area contributed by atoms with Crippen molar-refractivity contribution in [3.05, 3.63) is 0 Å². The zero-order valence-corrected chi connectivity index (χ0v) is 12.7. The van der Waals surface area contributed by atoms with Crippen LogP contribution in [0.4, 0.5) is 0 Å². The standard InChI is InChI=1S/C14H26N4O3/c1-2-16-14(20)12-9-15-5-6-18(12)10-13(19)17-11-3-7-21-8-4-11/h11-12,15H,2-10H2,1H3,(H,16,20)(H,17,19). The van der Waals surface area contributed by atoms with Crippen molar-refractivity contribution in [3.8, 4) is 0 Å². The molecule has 0 spiro atoms. The highest BCUT2D eigenvalue weighted by Gasteiger charge is 2.30. The number of nitrogens with zero attached hydrogens (tertiary/aromatic N) is 1. The Morgan fingerprint density at radius 3 is 2.81 bits per heavy atom. The van der Waals surface area contributed by atoms with E-state index in [1.807, 2.05) is 11.8 Å². The molecule has 2 aliphatic rings. The third kappa shape index (κ3) is 4.94. The first-order valence-corrected chi connectivity index (χ1v) is 7.80. The van der Waals surface area contributed by atoms with Crippen molar-refractivity contribution in [1.82, 2.24) is 20.9 Å². The largest absolute Gasteiger partial charge is 0.381 e. The summed E-state index contributed by atoms with van der Waals surface area (Å²) >= 11 is 0. The molecule has 120 valence electrons. The summed E-state index contributed by atoms with van der Waals surface area (Å²) in [5, 5.41) is 9.08. The molecule has 0 saturated carbocycles. The van der Waals surface area contributed by atoms with Crippen LogP contribution in [0.1, 0.15) is 19.8 Å². The fraction of sp³-hybridized carbons (Fsp3) is 0.857. The van der Waals surface area contributed by atoms with E-state index >= 15 is 0 Å². The van der Waals surface area contributed by atoms with Crippen molar-refractivity contribution in [1.29, 1.82) is 0 Å². The van der Waals surface area contributed by atoms with Gasteiger partial charge in [0.15, 0.2) is 0 Å². The highest BCUT2D eigenvalue weighted by Crippen LogP contribution is 2.07. The van der Waals surface area contributed by atoms with Crippen LogP contribution in [0.2, 0.25) is 0 Å². The molecule has 7 heteroatoms. The summed E-state index contributed by atoms with van der Waals surface area (Å²) in [6, 6.07) is -0.0591. The minimum atomic E-state index is -0.265. The number of hydrogen-bond acceptors (Lipinski definition) is 5. The van der Waals surface area contributed by atoms with Gasteiger partial charge >= 0.3 is 0 Å². The summed E-state index contributed by atoms with van der Waals surface area (Å²) in [6.07, 6.45) is 1.74. The van der Waals surface area contributed by atoms with E-state index in [0.29, 0.717) is 32.8 Å². The average molecular weight is 298 g/mol. The first kappa shape index (κ1) is 16.2. The van der Waals surface area contributed by atoms with E-state index in [9.17, 15) is 9.59 Å². The van der Waals surface area contributed by atoms with Crippen LogP contribution in [0.15, 0.2) is 0 Å². The van der Waals surface area contributed by atoms with Gasteiger partial charge < -0.3 is 20.7 Å². The normalized spacial score (nSPS) is 24.5. The molecule has 2 amide bonds. The molecule has 0 aliphatic carbocycles. The van der Waals surface area contributed by atoms with Gasteiger partial charge in [0.2, 0.25) is 11.8 Å². The molecule has 2 aliphatic heterocycles. The number of hydrogen-bond donors (Lipinski definition) is 3. The third-order valence-electron chi connectivity index (χ3n) is 3.94. The Kier molecular flexibility index (Phi) is 6.41. The van der Waals surface area contributed by atoms with E-state index < -0.39 is 0 Å². The van der Waals surface area contributed by atoms with Crippen LogP contribution in [-0.4, -0.2) is 74.7 Å². The minimum Gasteiger partial charge on any atom is -0.381 e. The molecule has 0 bridgehead atoms. The summed E-state index contributed by atoms with van der Waals surface area (Å²) in [4.78, 5) is 26.2. The first-order chi connectivity index (χ1) is 10.2. The lowest BCUT2D eigenvalue weighted by Crippen LogP contribution is -2.60. The summed E-state index contributed by atoms with van der Waals surface area (Å²) in [7, 11) is 0. The molecule has 1 unspecified atom stereocenters. The molecule has 2 saturated heterocycles. The van der Waals surface area contributed by atoms with Crippen molar-refractivity contribution in [3.63, 3.8) is 0 Å². The second-order valence-electron chi connectivity index (χ2n) is 5.54. The summed E-state index contributed by atoms with van der Waals surface area (Å²) in [6.45, 7) is 6.31. The molecule has 0 aromatic rings. The number of ether oxygens (including phenoxy) is 1. The van der Waals surface area contributed by atoms with Crippen LogP contribution in [-0.2, 0) is 14.3 Å². The topological polar surface area (TPSA) is 82.7 Å². The molecule has 2 fully saturated rings. The molecular weight excluding hydrogens is 272 g/mol. The average Bonchev–Trinajstić information content (AvgIpc) is 2.49. The number of nitrogens with one attached hydrogen (secondary N) is 3. The Balaban J connectivity index is 1.83. The lowest BCUT2D eigenvalue weighted by atomic mass is 10.1. The van der Waals surface area contributed by atoms with Crippen molar-refractivity contribution < 1.29 is 14.3 Å². The van der Waals surface area contributed by atoms with Gasteiger partial charge in [-0.25, -0.2) is 0 Å². The van der Waals surface area contributed by atoms with E-state index in [-0.39, 0.29) is 30.4 Å². The molecular formula is C14H26N4O3. The highest BCUT2D eigenvalue weighted by atomic mass is 16.5. The van der Waals surface area contributed by atoms with Gasteiger partial charge in [-0.15, -0.1) is 0 Å². The highest BCUT2D eigenvalue weighted by molar-refractivity contribution is 5.84. The number of amides is 2. The van der Waals surface area contributed by atoms with Crippen molar-refractivity contribution in [2.75, 3.05) is 45.9 Å². The van der Waals surface area contributed by atoms with Gasteiger partial charge in [-0.05, 0) is 19.8 Å². The monoisotopic (exact) mass is 298 g/mol. The van der Waals surface area contributed by atoms with Crippen LogP contribution in [0.25, 0.3) is 0 Å². The van der Waals surface area contributed by atoms with Gasteiger partial charge in [0.1, 0.15) is 6.04 Å². The van der Waals surface area contributed by atoms with Crippen molar-refractivity contribution >= 4 is 11.8 Å². The van der Waals surface area contributed by atoms with Crippen LogP contribution in [0, 0.1) is 0 Å². The maximum Gasteiger partial charge on any atom is 0.238 e. The Hall–Kier alpha value is -1.18.